The Labute approximate surface area is 107 Å². The highest BCUT2D eigenvalue weighted by Crippen LogP contribution is 2.31. The van der Waals surface area contributed by atoms with Crippen LogP contribution in [0.1, 0.15) is 10.4 Å². The van der Waals surface area contributed by atoms with Gasteiger partial charge in [-0.05, 0) is 16.8 Å². The zero-order chi connectivity index (χ0) is 12.5. The van der Waals surface area contributed by atoms with Gasteiger partial charge in [-0.2, -0.15) is 0 Å². The fourth-order valence-corrected chi connectivity index (χ4v) is 2.71. The van der Waals surface area contributed by atoms with Crippen LogP contribution in [0.15, 0.2) is 48.0 Å². The van der Waals surface area contributed by atoms with Gasteiger partial charge >= 0.3 is 5.97 Å². The van der Waals surface area contributed by atoms with Crippen molar-refractivity contribution >= 4 is 28.1 Å². The second-order valence-corrected chi connectivity index (χ2v) is 4.74. The zero-order valence-electron chi connectivity index (χ0n) is 9.33. The molecule has 4 heteroatoms. The van der Waals surface area contributed by atoms with Gasteiger partial charge in [-0.15, -0.1) is 11.3 Å². The molecule has 3 aromatic rings. The van der Waals surface area contributed by atoms with Gasteiger partial charge in [-0.3, -0.25) is 0 Å². The normalized spacial score (nSPS) is 10.7. The smallest absolute Gasteiger partial charge is 0.336 e. The molecular formula is C14H9NO2S. The number of carboxylic acid groups (broad SMARTS) is 1. The van der Waals surface area contributed by atoms with Crippen molar-refractivity contribution in [1.82, 2.24) is 4.98 Å². The lowest BCUT2D eigenvalue weighted by molar-refractivity contribution is 0.0699. The number of carbonyl (C=O) groups is 1. The number of nitrogens with zero attached hydrogens (tertiary/aromatic N) is 1. The summed E-state index contributed by atoms with van der Waals surface area (Å²) in [4.78, 5) is 15.5. The first-order valence-electron chi connectivity index (χ1n) is 5.42. The van der Waals surface area contributed by atoms with Gasteiger partial charge in [0.1, 0.15) is 5.01 Å². The molecule has 0 amide bonds. The van der Waals surface area contributed by atoms with Gasteiger partial charge in [-0.1, -0.05) is 30.3 Å². The van der Waals surface area contributed by atoms with Crippen LogP contribution in [-0.2, 0) is 0 Å². The molecule has 2 aromatic carbocycles. The number of fused-ring (bicyclic) bond motifs is 1. The standard InChI is InChI=1S/C14H9NO2S/c16-14(17)12-6-5-11(13-15-7-8-18-13)9-3-1-2-4-10(9)12/h1-8H,(H,16,17). The first-order chi connectivity index (χ1) is 8.77. The Morgan fingerprint density at radius 3 is 2.56 bits per heavy atom. The molecule has 18 heavy (non-hydrogen) atoms. The van der Waals surface area contributed by atoms with Crippen LogP contribution < -0.4 is 0 Å². The second-order valence-electron chi connectivity index (χ2n) is 3.85. The maximum atomic E-state index is 11.2. The Morgan fingerprint density at radius 1 is 1.11 bits per heavy atom. The molecule has 0 fully saturated rings. The highest BCUT2D eigenvalue weighted by atomic mass is 32.1. The fraction of sp³-hybridized carbons (Fsp3) is 0. The monoisotopic (exact) mass is 255 g/mol. The maximum absolute atomic E-state index is 11.2. The Hall–Kier alpha value is -2.20. The summed E-state index contributed by atoms with van der Waals surface area (Å²) in [5.41, 5.74) is 1.30. The van der Waals surface area contributed by atoms with Gasteiger partial charge in [0.2, 0.25) is 0 Å². The first kappa shape index (κ1) is 10.9. The number of aromatic nitrogens is 1. The molecule has 0 spiro atoms. The van der Waals surface area contributed by atoms with E-state index >= 15 is 0 Å². The van der Waals surface area contributed by atoms with Crippen molar-refractivity contribution in [1.29, 1.82) is 0 Å². The Kier molecular flexibility index (Phi) is 2.57. The SMILES string of the molecule is O=C(O)c1ccc(-c2nccs2)c2ccccc12. The van der Waals surface area contributed by atoms with Gasteiger partial charge in [0.15, 0.2) is 0 Å². The van der Waals surface area contributed by atoms with Gasteiger partial charge < -0.3 is 5.11 Å². The first-order valence-corrected chi connectivity index (χ1v) is 6.30. The van der Waals surface area contributed by atoms with Crippen molar-refractivity contribution in [2.24, 2.45) is 0 Å². The predicted molar refractivity (Wildman–Crippen MR) is 72.0 cm³/mol. The molecule has 0 aliphatic rings. The van der Waals surface area contributed by atoms with Crippen molar-refractivity contribution in [3.8, 4) is 10.6 Å². The van der Waals surface area contributed by atoms with Crippen molar-refractivity contribution in [2.45, 2.75) is 0 Å². The van der Waals surface area contributed by atoms with Crippen molar-refractivity contribution in [3.63, 3.8) is 0 Å². The summed E-state index contributed by atoms with van der Waals surface area (Å²) in [6.07, 6.45) is 1.75. The van der Waals surface area contributed by atoms with E-state index in [0.717, 1.165) is 21.3 Å². The number of hydrogen-bond donors (Lipinski definition) is 1. The zero-order valence-corrected chi connectivity index (χ0v) is 10.1. The van der Waals surface area contributed by atoms with Crippen molar-refractivity contribution in [2.75, 3.05) is 0 Å². The summed E-state index contributed by atoms with van der Waals surface area (Å²) in [6.45, 7) is 0. The van der Waals surface area contributed by atoms with Gasteiger partial charge in [0.25, 0.3) is 0 Å². The molecule has 0 atom stereocenters. The lowest BCUT2D eigenvalue weighted by Gasteiger charge is -2.06. The molecule has 0 aliphatic heterocycles. The topological polar surface area (TPSA) is 50.2 Å². The van der Waals surface area contributed by atoms with Crippen LogP contribution in [0.4, 0.5) is 0 Å². The summed E-state index contributed by atoms with van der Waals surface area (Å²) < 4.78 is 0. The molecule has 0 bridgehead atoms. The molecule has 88 valence electrons. The maximum Gasteiger partial charge on any atom is 0.336 e. The minimum atomic E-state index is -0.906. The van der Waals surface area contributed by atoms with Gasteiger partial charge in [0.05, 0.1) is 5.56 Å². The lowest BCUT2D eigenvalue weighted by atomic mass is 10.00. The van der Waals surface area contributed by atoms with Crippen LogP contribution in [-0.4, -0.2) is 16.1 Å². The van der Waals surface area contributed by atoms with Gasteiger partial charge in [0, 0.05) is 17.1 Å². The van der Waals surface area contributed by atoms with E-state index in [0.29, 0.717) is 5.56 Å². The highest BCUT2D eigenvalue weighted by molar-refractivity contribution is 7.13. The molecule has 0 unspecified atom stereocenters. The van der Waals surface area contributed by atoms with Crippen LogP contribution >= 0.6 is 11.3 Å². The van der Waals surface area contributed by atoms with E-state index in [9.17, 15) is 9.90 Å². The van der Waals surface area contributed by atoms with E-state index < -0.39 is 5.97 Å². The van der Waals surface area contributed by atoms with Crippen LogP contribution in [0.3, 0.4) is 0 Å². The Morgan fingerprint density at radius 2 is 1.89 bits per heavy atom. The van der Waals surface area contributed by atoms with E-state index in [4.69, 9.17) is 0 Å². The van der Waals surface area contributed by atoms with E-state index in [-0.39, 0.29) is 0 Å². The Bertz CT molecular complexity index is 720. The molecule has 0 saturated carbocycles. The lowest BCUT2D eigenvalue weighted by Crippen LogP contribution is -1.97. The number of carboxylic acids is 1. The second kappa shape index (κ2) is 4.23. The molecule has 1 heterocycles. The third-order valence-corrected chi connectivity index (χ3v) is 3.62. The van der Waals surface area contributed by atoms with E-state index in [2.05, 4.69) is 4.98 Å². The third-order valence-electron chi connectivity index (χ3n) is 2.82. The fourth-order valence-electron chi connectivity index (χ4n) is 2.03. The van der Waals surface area contributed by atoms with Crippen LogP contribution in [0.5, 0.6) is 0 Å². The number of hydrogen-bond acceptors (Lipinski definition) is 3. The predicted octanol–water partition coefficient (Wildman–Crippen LogP) is 3.66. The minimum Gasteiger partial charge on any atom is -0.478 e. The third kappa shape index (κ3) is 1.67. The summed E-state index contributed by atoms with van der Waals surface area (Å²) in [7, 11) is 0. The van der Waals surface area contributed by atoms with Crippen LogP contribution in [0, 0.1) is 0 Å². The molecule has 3 rings (SSSR count). The number of rotatable bonds is 2. The molecular weight excluding hydrogens is 246 g/mol. The number of thiazole rings is 1. The van der Waals surface area contributed by atoms with Crippen molar-refractivity contribution < 1.29 is 9.90 Å². The summed E-state index contributed by atoms with van der Waals surface area (Å²) >= 11 is 1.55. The Balaban J connectivity index is 2.37. The number of aromatic carboxylic acids is 1. The van der Waals surface area contributed by atoms with Crippen LogP contribution in [0.2, 0.25) is 0 Å². The molecule has 0 radical (unpaired) electrons. The molecule has 1 aromatic heterocycles. The van der Waals surface area contributed by atoms with Crippen LogP contribution in [0.25, 0.3) is 21.3 Å². The summed E-state index contributed by atoms with van der Waals surface area (Å²) in [6, 6.07) is 11.0. The molecule has 0 aliphatic carbocycles. The highest BCUT2D eigenvalue weighted by Gasteiger charge is 2.12. The minimum absolute atomic E-state index is 0.325. The van der Waals surface area contributed by atoms with E-state index in [1.165, 1.54) is 0 Å². The molecule has 0 saturated heterocycles. The average molecular weight is 255 g/mol. The molecule has 1 N–H and O–H groups in total. The largest absolute Gasteiger partial charge is 0.478 e. The quantitative estimate of drug-likeness (QED) is 0.760. The van der Waals surface area contributed by atoms with Gasteiger partial charge in [-0.25, -0.2) is 9.78 Å². The average Bonchev–Trinajstić information content (AvgIpc) is 2.91. The summed E-state index contributed by atoms with van der Waals surface area (Å²) in [5.74, 6) is -0.906. The van der Waals surface area contributed by atoms with Crippen molar-refractivity contribution in [3.05, 3.63) is 53.5 Å². The number of benzene rings is 2. The summed E-state index contributed by atoms with van der Waals surface area (Å²) in [5, 5.41) is 13.7. The van der Waals surface area contributed by atoms with E-state index in [1.807, 2.05) is 35.7 Å². The molecule has 3 nitrogen and oxygen atoms in total. The van der Waals surface area contributed by atoms with E-state index in [1.54, 1.807) is 23.6 Å².